The van der Waals surface area contributed by atoms with Crippen molar-refractivity contribution in [2.75, 3.05) is 5.75 Å². The van der Waals surface area contributed by atoms with Gasteiger partial charge in [0.05, 0.1) is 5.25 Å². The molecule has 0 aliphatic heterocycles. The number of rotatable bonds is 6. The summed E-state index contributed by atoms with van der Waals surface area (Å²) in [5.41, 5.74) is 4.10. The van der Waals surface area contributed by atoms with Crippen molar-refractivity contribution in [1.29, 1.82) is 0 Å². The predicted molar refractivity (Wildman–Crippen MR) is 81.7 cm³/mol. The zero-order valence-corrected chi connectivity index (χ0v) is 11.8. The normalized spacial score (nSPS) is 10.5. The summed E-state index contributed by atoms with van der Waals surface area (Å²) >= 11 is 1.70. The Morgan fingerprint density at radius 2 is 1.50 bits per heavy atom. The molecule has 0 unspecified atom stereocenters. The minimum atomic E-state index is -0.350. The van der Waals surface area contributed by atoms with Crippen molar-refractivity contribution in [3.05, 3.63) is 71.8 Å². The van der Waals surface area contributed by atoms with Crippen LogP contribution in [0, 0.1) is 0 Å². The van der Waals surface area contributed by atoms with Crippen molar-refractivity contribution in [3.63, 3.8) is 0 Å². The second-order valence-corrected chi connectivity index (χ2v) is 5.57. The fourth-order valence-corrected chi connectivity index (χ4v) is 3.20. The van der Waals surface area contributed by atoms with Gasteiger partial charge in [0.1, 0.15) is 0 Å². The fourth-order valence-electron chi connectivity index (χ4n) is 1.97. The summed E-state index contributed by atoms with van der Waals surface area (Å²) in [7, 11) is 0. The molecule has 20 heavy (non-hydrogen) atoms. The minimum absolute atomic E-state index is 0.198. The van der Waals surface area contributed by atoms with Crippen LogP contribution in [0.1, 0.15) is 22.8 Å². The van der Waals surface area contributed by atoms with Gasteiger partial charge in [0.2, 0.25) is 5.91 Å². The van der Waals surface area contributed by atoms with E-state index in [4.69, 9.17) is 5.21 Å². The Bertz CT molecular complexity index is 491. The van der Waals surface area contributed by atoms with Gasteiger partial charge in [0.25, 0.3) is 0 Å². The molecular formula is C16H17NO2S. The maximum absolute atomic E-state index is 11.1. The number of amides is 1. The zero-order chi connectivity index (χ0) is 14.2. The van der Waals surface area contributed by atoms with Gasteiger partial charge < -0.3 is 0 Å². The number of hydrogen-bond donors (Lipinski definition) is 2. The standard InChI is InChI=1S/C16H17NO2S/c18-15(17-19)11-12-20-16(13-7-3-1-4-8-13)14-9-5-2-6-10-14/h1-10,16,19H,11-12H2,(H,17,18). The van der Waals surface area contributed by atoms with E-state index in [1.807, 2.05) is 36.4 Å². The molecule has 1 amide bonds. The molecule has 0 radical (unpaired) electrons. The van der Waals surface area contributed by atoms with Crippen LogP contribution < -0.4 is 5.48 Å². The zero-order valence-electron chi connectivity index (χ0n) is 11.0. The summed E-state index contributed by atoms with van der Waals surface area (Å²) in [4.78, 5) is 11.1. The molecule has 0 atom stereocenters. The summed E-state index contributed by atoms with van der Waals surface area (Å²) in [6, 6.07) is 20.4. The van der Waals surface area contributed by atoms with Gasteiger partial charge in [0, 0.05) is 12.2 Å². The molecule has 0 aliphatic carbocycles. The first-order valence-electron chi connectivity index (χ1n) is 6.45. The van der Waals surface area contributed by atoms with Gasteiger partial charge in [-0.2, -0.15) is 0 Å². The van der Waals surface area contributed by atoms with Gasteiger partial charge in [-0.1, -0.05) is 60.7 Å². The first kappa shape index (κ1) is 14.6. The van der Waals surface area contributed by atoms with Gasteiger partial charge in [-0.25, -0.2) is 5.48 Å². The lowest BCUT2D eigenvalue weighted by molar-refractivity contribution is -0.128. The van der Waals surface area contributed by atoms with Gasteiger partial charge >= 0.3 is 0 Å². The third-order valence-corrected chi connectivity index (χ3v) is 4.26. The van der Waals surface area contributed by atoms with Gasteiger partial charge in [-0.05, 0) is 11.1 Å². The van der Waals surface area contributed by atoms with Crippen LogP contribution in [0.5, 0.6) is 0 Å². The second kappa shape index (κ2) is 7.72. The molecule has 0 heterocycles. The molecule has 0 aromatic heterocycles. The highest BCUT2D eigenvalue weighted by Crippen LogP contribution is 2.35. The Balaban J connectivity index is 2.11. The molecule has 0 aliphatic rings. The molecule has 4 heteroatoms. The topological polar surface area (TPSA) is 49.3 Å². The highest BCUT2D eigenvalue weighted by atomic mass is 32.2. The van der Waals surface area contributed by atoms with Crippen LogP contribution in [0.15, 0.2) is 60.7 Å². The maximum atomic E-state index is 11.1. The van der Waals surface area contributed by atoms with Crippen molar-refractivity contribution in [3.8, 4) is 0 Å². The minimum Gasteiger partial charge on any atom is -0.289 e. The number of carbonyl (C=O) groups is 1. The summed E-state index contributed by atoms with van der Waals surface area (Å²) < 4.78 is 0. The average Bonchev–Trinajstić information content (AvgIpc) is 2.53. The lowest BCUT2D eigenvalue weighted by Crippen LogP contribution is -2.18. The van der Waals surface area contributed by atoms with Crippen LogP contribution in [0.25, 0.3) is 0 Å². The molecule has 0 bridgehead atoms. The van der Waals surface area contributed by atoms with E-state index in [2.05, 4.69) is 24.3 Å². The lowest BCUT2D eigenvalue weighted by Gasteiger charge is -2.17. The van der Waals surface area contributed by atoms with E-state index in [-0.39, 0.29) is 11.2 Å². The van der Waals surface area contributed by atoms with Gasteiger partial charge in [-0.15, -0.1) is 11.8 Å². The molecular weight excluding hydrogens is 270 g/mol. The van der Waals surface area contributed by atoms with E-state index in [0.29, 0.717) is 12.2 Å². The first-order valence-corrected chi connectivity index (χ1v) is 7.50. The predicted octanol–water partition coefficient (Wildman–Crippen LogP) is 3.40. The summed E-state index contributed by atoms with van der Waals surface area (Å²) in [6.45, 7) is 0. The lowest BCUT2D eigenvalue weighted by atomic mass is 10.0. The largest absolute Gasteiger partial charge is 0.289 e. The summed E-state index contributed by atoms with van der Waals surface area (Å²) in [5, 5.41) is 8.72. The fraction of sp³-hybridized carbons (Fsp3) is 0.188. The van der Waals surface area contributed by atoms with Crippen LogP contribution in [0.3, 0.4) is 0 Å². The molecule has 2 N–H and O–H groups in total. The van der Waals surface area contributed by atoms with Crippen molar-refractivity contribution in [2.45, 2.75) is 11.7 Å². The molecule has 2 aromatic carbocycles. The Labute approximate surface area is 123 Å². The van der Waals surface area contributed by atoms with Gasteiger partial charge in [-0.3, -0.25) is 10.0 Å². The first-order chi connectivity index (χ1) is 9.81. The molecule has 104 valence electrons. The Morgan fingerprint density at radius 3 is 1.95 bits per heavy atom. The number of hydroxylamine groups is 1. The van der Waals surface area contributed by atoms with Gasteiger partial charge in [0.15, 0.2) is 0 Å². The molecule has 2 aromatic rings. The number of benzene rings is 2. The van der Waals surface area contributed by atoms with E-state index >= 15 is 0 Å². The molecule has 2 rings (SSSR count). The third-order valence-electron chi connectivity index (χ3n) is 2.94. The quantitative estimate of drug-likeness (QED) is 0.632. The van der Waals surface area contributed by atoms with Crippen LogP contribution in [0.4, 0.5) is 0 Å². The third kappa shape index (κ3) is 4.11. The molecule has 0 spiro atoms. The smallest absolute Gasteiger partial charge is 0.244 e. The van der Waals surface area contributed by atoms with Crippen molar-refractivity contribution >= 4 is 17.7 Å². The Kier molecular flexibility index (Phi) is 5.65. The van der Waals surface area contributed by atoms with E-state index in [1.54, 1.807) is 17.2 Å². The number of carbonyl (C=O) groups excluding carboxylic acids is 1. The number of hydrogen-bond acceptors (Lipinski definition) is 3. The number of nitrogens with one attached hydrogen (secondary N) is 1. The summed E-state index contributed by atoms with van der Waals surface area (Å²) in [6.07, 6.45) is 0.303. The Hall–Kier alpha value is -1.78. The van der Waals surface area contributed by atoms with Crippen LogP contribution in [0.2, 0.25) is 0 Å². The van der Waals surface area contributed by atoms with E-state index in [9.17, 15) is 4.79 Å². The van der Waals surface area contributed by atoms with Crippen molar-refractivity contribution in [2.24, 2.45) is 0 Å². The van der Waals surface area contributed by atoms with E-state index < -0.39 is 0 Å². The molecule has 0 saturated heterocycles. The highest BCUT2D eigenvalue weighted by Gasteiger charge is 2.14. The maximum Gasteiger partial charge on any atom is 0.244 e. The SMILES string of the molecule is O=C(CCSC(c1ccccc1)c1ccccc1)NO. The summed E-state index contributed by atoms with van der Waals surface area (Å²) in [5.74, 6) is 0.304. The average molecular weight is 287 g/mol. The second-order valence-electron chi connectivity index (χ2n) is 4.36. The van der Waals surface area contributed by atoms with Crippen molar-refractivity contribution < 1.29 is 10.0 Å². The van der Waals surface area contributed by atoms with Crippen LogP contribution in [-0.4, -0.2) is 16.9 Å². The number of thioether (sulfide) groups is 1. The van der Waals surface area contributed by atoms with Crippen LogP contribution in [-0.2, 0) is 4.79 Å². The molecule has 3 nitrogen and oxygen atoms in total. The van der Waals surface area contributed by atoms with E-state index in [0.717, 1.165) is 0 Å². The Morgan fingerprint density at radius 1 is 1.00 bits per heavy atom. The van der Waals surface area contributed by atoms with E-state index in [1.165, 1.54) is 11.1 Å². The van der Waals surface area contributed by atoms with Crippen molar-refractivity contribution in [1.82, 2.24) is 5.48 Å². The monoisotopic (exact) mass is 287 g/mol. The molecule has 0 saturated carbocycles. The molecule has 0 fully saturated rings. The van der Waals surface area contributed by atoms with Crippen LogP contribution >= 0.6 is 11.8 Å². The highest BCUT2D eigenvalue weighted by molar-refractivity contribution is 7.99.